The summed E-state index contributed by atoms with van der Waals surface area (Å²) in [6.07, 6.45) is 0.361. The summed E-state index contributed by atoms with van der Waals surface area (Å²) in [7, 11) is 0. The van der Waals surface area contributed by atoms with Gasteiger partial charge >= 0.3 is 0 Å². The average Bonchev–Trinajstić information content (AvgIpc) is 2.37. The Hall–Kier alpha value is -1.38. The second-order valence-electron chi connectivity index (χ2n) is 5.06. The van der Waals surface area contributed by atoms with Crippen LogP contribution in [0.25, 0.3) is 10.8 Å². The first-order chi connectivity index (χ1) is 8.66. The van der Waals surface area contributed by atoms with Crippen LogP contribution in [0.5, 0.6) is 0 Å². The Morgan fingerprint density at radius 1 is 1.06 bits per heavy atom. The smallest absolute Gasteiger partial charge is 0.0705 e. The van der Waals surface area contributed by atoms with E-state index in [9.17, 15) is 5.11 Å². The number of benzene rings is 2. The Bertz CT molecular complexity index is 502. The summed E-state index contributed by atoms with van der Waals surface area (Å²) in [5.74, 6) is 0. The number of hydrogen-bond acceptors (Lipinski definition) is 2. The lowest BCUT2D eigenvalue weighted by molar-refractivity contribution is 0.169. The van der Waals surface area contributed by atoms with Crippen molar-refractivity contribution in [2.24, 2.45) is 0 Å². The van der Waals surface area contributed by atoms with E-state index in [1.165, 1.54) is 16.3 Å². The molecule has 0 bridgehead atoms. The topological polar surface area (TPSA) is 32.3 Å². The van der Waals surface area contributed by atoms with Crippen LogP contribution >= 0.6 is 0 Å². The zero-order valence-electron chi connectivity index (χ0n) is 11.1. The van der Waals surface area contributed by atoms with E-state index in [1.54, 1.807) is 0 Å². The average molecular weight is 243 g/mol. The first-order valence-electron chi connectivity index (χ1n) is 6.55. The Morgan fingerprint density at radius 3 is 2.56 bits per heavy atom. The zero-order valence-corrected chi connectivity index (χ0v) is 11.1. The molecule has 2 aromatic carbocycles. The molecule has 0 radical (unpaired) electrons. The maximum Gasteiger partial charge on any atom is 0.0705 e. The second kappa shape index (κ2) is 5.98. The fraction of sp³-hybridized carbons (Fsp3) is 0.375. The molecule has 96 valence electrons. The largest absolute Gasteiger partial charge is 0.391 e. The van der Waals surface area contributed by atoms with Crippen LogP contribution in [0.1, 0.15) is 19.4 Å². The number of hydrogen-bond donors (Lipinski definition) is 2. The summed E-state index contributed by atoms with van der Waals surface area (Å²) >= 11 is 0. The fourth-order valence-electron chi connectivity index (χ4n) is 2.17. The van der Waals surface area contributed by atoms with Crippen LogP contribution in [-0.4, -0.2) is 23.8 Å². The van der Waals surface area contributed by atoms with Crippen LogP contribution in [0.4, 0.5) is 0 Å². The Morgan fingerprint density at radius 2 is 1.78 bits per heavy atom. The van der Waals surface area contributed by atoms with E-state index in [4.69, 9.17) is 0 Å². The van der Waals surface area contributed by atoms with Gasteiger partial charge in [-0.05, 0) is 16.3 Å². The van der Waals surface area contributed by atoms with E-state index in [1.807, 2.05) is 12.1 Å². The minimum absolute atomic E-state index is 0.335. The van der Waals surface area contributed by atoms with Gasteiger partial charge in [0.25, 0.3) is 0 Å². The van der Waals surface area contributed by atoms with Gasteiger partial charge in [-0.2, -0.15) is 0 Å². The molecule has 1 unspecified atom stereocenters. The Kier molecular flexibility index (Phi) is 4.34. The van der Waals surface area contributed by atoms with Gasteiger partial charge in [0.15, 0.2) is 0 Å². The van der Waals surface area contributed by atoms with Gasteiger partial charge in [-0.3, -0.25) is 0 Å². The molecule has 0 amide bonds. The lowest BCUT2D eigenvalue weighted by atomic mass is 10.00. The summed E-state index contributed by atoms with van der Waals surface area (Å²) in [5.41, 5.74) is 1.21. The van der Waals surface area contributed by atoms with Gasteiger partial charge in [0, 0.05) is 19.0 Å². The van der Waals surface area contributed by atoms with Gasteiger partial charge in [-0.1, -0.05) is 56.3 Å². The van der Waals surface area contributed by atoms with Crippen LogP contribution in [0.2, 0.25) is 0 Å². The monoisotopic (exact) mass is 243 g/mol. The van der Waals surface area contributed by atoms with Gasteiger partial charge in [0.2, 0.25) is 0 Å². The van der Waals surface area contributed by atoms with Gasteiger partial charge in [0.05, 0.1) is 6.10 Å². The van der Waals surface area contributed by atoms with Crippen molar-refractivity contribution in [3.63, 3.8) is 0 Å². The van der Waals surface area contributed by atoms with E-state index < -0.39 is 0 Å². The molecule has 0 aliphatic heterocycles. The summed E-state index contributed by atoms with van der Waals surface area (Å²) in [6, 6.07) is 15.0. The molecule has 2 N–H and O–H groups in total. The van der Waals surface area contributed by atoms with Crippen molar-refractivity contribution in [1.29, 1.82) is 0 Å². The van der Waals surface area contributed by atoms with E-state index in [2.05, 4.69) is 49.5 Å². The maximum atomic E-state index is 10.0. The predicted octanol–water partition coefficient (Wildman–Crippen LogP) is 2.74. The molecule has 0 saturated heterocycles. The maximum absolute atomic E-state index is 10.0. The minimum atomic E-state index is -0.335. The third-order valence-corrected chi connectivity index (χ3v) is 3.10. The Labute approximate surface area is 109 Å². The van der Waals surface area contributed by atoms with E-state index >= 15 is 0 Å². The third kappa shape index (κ3) is 3.31. The molecule has 0 fully saturated rings. The molecule has 2 aromatic rings. The zero-order chi connectivity index (χ0) is 13.0. The van der Waals surface area contributed by atoms with Crippen molar-refractivity contribution in [2.75, 3.05) is 6.54 Å². The molecule has 18 heavy (non-hydrogen) atoms. The molecule has 2 rings (SSSR count). The highest BCUT2D eigenvalue weighted by molar-refractivity contribution is 5.85. The Balaban J connectivity index is 2.11. The highest BCUT2D eigenvalue weighted by Gasteiger charge is 2.08. The van der Waals surface area contributed by atoms with Crippen molar-refractivity contribution in [2.45, 2.75) is 32.4 Å². The van der Waals surface area contributed by atoms with Crippen molar-refractivity contribution in [3.05, 3.63) is 48.0 Å². The van der Waals surface area contributed by atoms with Gasteiger partial charge in [-0.15, -0.1) is 0 Å². The summed E-state index contributed by atoms with van der Waals surface area (Å²) in [5, 5.41) is 15.8. The normalized spacial score (nSPS) is 13.1. The first kappa shape index (κ1) is 13.1. The lowest BCUT2D eigenvalue weighted by Gasteiger charge is -2.15. The molecule has 1 atom stereocenters. The molecular weight excluding hydrogens is 222 g/mol. The van der Waals surface area contributed by atoms with Crippen LogP contribution in [-0.2, 0) is 6.42 Å². The molecule has 2 nitrogen and oxygen atoms in total. The number of aliphatic hydroxyl groups excluding tert-OH is 1. The highest BCUT2D eigenvalue weighted by Crippen LogP contribution is 2.19. The van der Waals surface area contributed by atoms with Gasteiger partial charge in [0.1, 0.15) is 0 Å². The standard InChI is InChI=1S/C16H21NO/c1-12(2)17-11-15(18)10-14-8-5-7-13-6-3-4-9-16(13)14/h3-9,12,15,17-18H,10-11H2,1-2H3. The summed E-state index contributed by atoms with van der Waals surface area (Å²) in [4.78, 5) is 0. The molecule has 0 heterocycles. The predicted molar refractivity (Wildman–Crippen MR) is 76.8 cm³/mol. The summed E-state index contributed by atoms with van der Waals surface area (Å²) in [6.45, 7) is 4.82. The molecule has 0 saturated carbocycles. The van der Waals surface area contributed by atoms with Crippen molar-refractivity contribution in [1.82, 2.24) is 5.32 Å². The quantitative estimate of drug-likeness (QED) is 0.846. The minimum Gasteiger partial charge on any atom is -0.391 e. The van der Waals surface area contributed by atoms with Crippen molar-refractivity contribution in [3.8, 4) is 0 Å². The summed E-state index contributed by atoms with van der Waals surface area (Å²) < 4.78 is 0. The van der Waals surface area contributed by atoms with Crippen LogP contribution in [0.3, 0.4) is 0 Å². The SMILES string of the molecule is CC(C)NCC(O)Cc1cccc2ccccc12. The van der Waals surface area contributed by atoms with Crippen LogP contribution < -0.4 is 5.32 Å². The van der Waals surface area contributed by atoms with E-state index in [0.717, 1.165) is 0 Å². The molecular formula is C16H21NO. The van der Waals surface area contributed by atoms with Crippen LogP contribution in [0, 0.1) is 0 Å². The van der Waals surface area contributed by atoms with Crippen molar-refractivity contribution >= 4 is 10.8 Å². The second-order valence-corrected chi connectivity index (χ2v) is 5.06. The van der Waals surface area contributed by atoms with E-state index in [-0.39, 0.29) is 6.10 Å². The highest BCUT2D eigenvalue weighted by atomic mass is 16.3. The van der Waals surface area contributed by atoms with Gasteiger partial charge < -0.3 is 10.4 Å². The van der Waals surface area contributed by atoms with E-state index in [0.29, 0.717) is 19.0 Å². The third-order valence-electron chi connectivity index (χ3n) is 3.10. The molecule has 0 aliphatic rings. The van der Waals surface area contributed by atoms with Crippen molar-refractivity contribution < 1.29 is 5.11 Å². The molecule has 0 aliphatic carbocycles. The van der Waals surface area contributed by atoms with Crippen LogP contribution in [0.15, 0.2) is 42.5 Å². The number of nitrogens with one attached hydrogen (secondary N) is 1. The lowest BCUT2D eigenvalue weighted by Crippen LogP contribution is -2.33. The number of aliphatic hydroxyl groups is 1. The fourth-order valence-corrected chi connectivity index (χ4v) is 2.17. The molecule has 0 spiro atoms. The first-order valence-corrected chi connectivity index (χ1v) is 6.55. The molecule has 2 heteroatoms. The number of fused-ring (bicyclic) bond motifs is 1. The van der Waals surface area contributed by atoms with Gasteiger partial charge in [-0.25, -0.2) is 0 Å². The molecule has 0 aromatic heterocycles. The number of rotatable bonds is 5.